The van der Waals surface area contributed by atoms with Crippen LogP contribution in [0, 0.1) is 0 Å². The molecule has 0 aliphatic rings. The molecule has 3 nitrogen and oxygen atoms in total. The van der Waals surface area contributed by atoms with E-state index in [1.165, 1.54) is 0 Å². The van der Waals surface area contributed by atoms with E-state index in [4.69, 9.17) is 5.73 Å². The van der Waals surface area contributed by atoms with Crippen LogP contribution in [0.1, 0.15) is 26.0 Å². The molecule has 0 atom stereocenters. The van der Waals surface area contributed by atoms with E-state index in [1.807, 2.05) is 6.07 Å². The maximum absolute atomic E-state index is 5.49. The van der Waals surface area contributed by atoms with Crippen molar-refractivity contribution in [1.29, 1.82) is 0 Å². The van der Waals surface area contributed by atoms with Crippen LogP contribution in [0.5, 0.6) is 0 Å². The van der Waals surface area contributed by atoms with E-state index in [0.29, 0.717) is 6.54 Å². The Morgan fingerprint density at radius 3 is 2.82 bits per heavy atom. The molecule has 0 fully saturated rings. The van der Waals surface area contributed by atoms with Gasteiger partial charge in [0.05, 0.1) is 0 Å². The standard InChI is InChI=1S/C8H15N3/c1-8(2,4-5-9)7-3-6-10-11-7/h3,6H,4-5,9H2,1-2H3,(H,10,11). The lowest BCUT2D eigenvalue weighted by Gasteiger charge is -2.21. The summed E-state index contributed by atoms with van der Waals surface area (Å²) in [5, 5.41) is 6.86. The van der Waals surface area contributed by atoms with Gasteiger partial charge in [0.2, 0.25) is 0 Å². The molecule has 0 amide bonds. The Kier molecular flexibility index (Phi) is 2.29. The molecule has 0 spiro atoms. The van der Waals surface area contributed by atoms with E-state index >= 15 is 0 Å². The molecule has 3 N–H and O–H groups in total. The van der Waals surface area contributed by atoms with Crippen molar-refractivity contribution in [2.75, 3.05) is 6.54 Å². The predicted molar refractivity (Wildman–Crippen MR) is 45.3 cm³/mol. The molecule has 0 aliphatic heterocycles. The Morgan fingerprint density at radius 1 is 1.64 bits per heavy atom. The predicted octanol–water partition coefficient (Wildman–Crippen LogP) is 1.04. The largest absolute Gasteiger partial charge is 0.330 e. The summed E-state index contributed by atoms with van der Waals surface area (Å²) >= 11 is 0. The zero-order valence-corrected chi connectivity index (χ0v) is 7.09. The number of aromatic amines is 1. The van der Waals surface area contributed by atoms with Crippen molar-refractivity contribution in [3.05, 3.63) is 18.0 Å². The first-order valence-electron chi connectivity index (χ1n) is 3.87. The van der Waals surface area contributed by atoms with E-state index in [9.17, 15) is 0 Å². The van der Waals surface area contributed by atoms with Crippen molar-refractivity contribution in [1.82, 2.24) is 10.2 Å². The van der Waals surface area contributed by atoms with Gasteiger partial charge in [-0.05, 0) is 19.0 Å². The third-order valence-corrected chi connectivity index (χ3v) is 2.00. The first-order valence-corrected chi connectivity index (χ1v) is 3.87. The summed E-state index contributed by atoms with van der Waals surface area (Å²) < 4.78 is 0. The van der Waals surface area contributed by atoms with Crippen molar-refractivity contribution in [3.63, 3.8) is 0 Å². The second-order valence-electron chi connectivity index (χ2n) is 3.39. The molecule has 11 heavy (non-hydrogen) atoms. The number of nitrogens with zero attached hydrogens (tertiary/aromatic N) is 1. The SMILES string of the molecule is CC(C)(CCN)c1ccn[nH]1. The number of nitrogens with one attached hydrogen (secondary N) is 1. The Morgan fingerprint density at radius 2 is 2.36 bits per heavy atom. The monoisotopic (exact) mass is 153 g/mol. The lowest BCUT2D eigenvalue weighted by molar-refractivity contribution is 0.472. The van der Waals surface area contributed by atoms with Gasteiger partial charge in [0.25, 0.3) is 0 Å². The fourth-order valence-corrected chi connectivity index (χ4v) is 1.13. The van der Waals surface area contributed by atoms with Crippen molar-refractivity contribution >= 4 is 0 Å². The van der Waals surface area contributed by atoms with Gasteiger partial charge in [-0.2, -0.15) is 5.10 Å². The average Bonchev–Trinajstić information content (AvgIpc) is 2.37. The van der Waals surface area contributed by atoms with Gasteiger partial charge in [0.1, 0.15) is 0 Å². The Balaban J connectivity index is 2.73. The van der Waals surface area contributed by atoms with Crippen LogP contribution >= 0.6 is 0 Å². The van der Waals surface area contributed by atoms with Gasteiger partial charge in [-0.25, -0.2) is 0 Å². The van der Waals surface area contributed by atoms with Crippen LogP contribution in [0.2, 0.25) is 0 Å². The van der Waals surface area contributed by atoms with Crippen LogP contribution in [0.4, 0.5) is 0 Å². The van der Waals surface area contributed by atoms with Crippen LogP contribution in [0.15, 0.2) is 12.3 Å². The molecule has 0 saturated heterocycles. The minimum absolute atomic E-state index is 0.130. The van der Waals surface area contributed by atoms with E-state index in [1.54, 1.807) is 6.20 Å². The summed E-state index contributed by atoms with van der Waals surface area (Å²) in [6, 6.07) is 2.00. The molecular formula is C8H15N3. The summed E-state index contributed by atoms with van der Waals surface area (Å²) in [4.78, 5) is 0. The van der Waals surface area contributed by atoms with E-state index in [2.05, 4.69) is 24.0 Å². The highest BCUT2D eigenvalue weighted by Gasteiger charge is 2.20. The van der Waals surface area contributed by atoms with Gasteiger partial charge >= 0.3 is 0 Å². The summed E-state index contributed by atoms with van der Waals surface area (Å²) in [5.41, 5.74) is 6.77. The molecule has 1 rings (SSSR count). The maximum atomic E-state index is 5.49. The Bertz CT molecular complexity index is 201. The summed E-state index contributed by atoms with van der Waals surface area (Å²) in [6.07, 6.45) is 2.75. The lowest BCUT2D eigenvalue weighted by atomic mass is 9.86. The molecule has 1 heterocycles. The molecule has 0 aromatic carbocycles. The van der Waals surface area contributed by atoms with Crippen LogP contribution in [-0.2, 0) is 5.41 Å². The highest BCUT2D eigenvalue weighted by atomic mass is 15.1. The highest BCUT2D eigenvalue weighted by Crippen LogP contribution is 2.23. The fraction of sp³-hybridized carbons (Fsp3) is 0.625. The molecule has 3 heteroatoms. The summed E-state index contributed by atoms with van der Waals surface area (Å²) in [5.74, 6) is 0. The van der Waals surface area contributed by atoms with Gasteiger partial charge in [-0.3, -0.25) is 5.10 Å². The molecule has 0 radical (unpaired) electrons. The number of hydrogen-bond acceptors (Lipinski definition) is 2. The van der Waals surface area contributed by atoms with Crippen LogP contribution < -0.4 is 5.73 Å². The van der Waals surface area contributed by atoms with Gasteiger partial charge in [0.15, 0.2) is 0 Å². The number of nitrogens with two attached hydrogens (primary N) is 1. The van der Waals surface area contributed by atoms with E-state index < -0.39 is 0 Å². The van der Waals surface area contributed by atoms with Crippen molar-refractivity contribution in [2.45, 2.75) is 25.7 Å². The smallest absolute Gasteiger partial charge is 0.0490 e. The van der Waals surface area contributed by atoms with Gasteiger partial charge < -0.3 is 5.73 Å². The minimum Gasteiger partial charge on any atom is -0.330 e. The first-order chi connectivity index (χ1) is 5.17. The Hall–Kier alpha value is -0.830. The second kappa shape index (κ2) is 3.05. The summed E-state index contributed by atoms with van der Waals surface area (Å²) in [7, 11) is 0. The number of rotatable bonds is 3. The molecule has 62 valence electrons. The number of hydrogen-bond donors (Lipinski definition) is 2. The molecule has 0 saturated carbocycles. The Labute approximate surface area is 67.0 Å². The average molecular weight is 153 g/mol. The molecule has 0 bridgehead atoms. The molecule has 0 aliphatic carbocycles. The highest BCUT2D eigenvalue weighted by molar-refractivity contribution is 5.11. The van der Waals surface area contributed by atoms with E-state index in [0.717, 1.165) is 12.1 Å². The number of aromatic nitrogens is 2. The summed E-state index contributed by atoms with van der Waals surface area (Å²) in [6.45, 7) is 5.03. The normalized spacial score (nSPS) is 11.9. The second-order valence-corrected chi connectivity index (χ2v) is 3.39. The van der Waals surface area contributed by atoms with E-state index in [-0.39, 0.29) is 5.41 Å². The van der Waals surface area contributed by atoms with Crippen molar-refractivity contribution in [2.24, 2.45) is 5.73 Å². The third kappa shape index (κ3) is 1.80. The zero-order valence-electron chi connectivity index (χ0n) is 7.09. The van der Waals surface area contributed by atoms with Gasteiger partial charge in [-0.1, -0.05) is 13.8 Å². The molecule has 1 aromatic heterocycles. The van der Waals surface area contributed by atoms with Gasteiger partial charge in [-0.15, -0.1) is 0 Å². The van der Waals surface area contributed by atoms with Crippen molar-refractivity contribution in [3.8, 4) is 0 Å². The third-order valence-electron chi connectivity index (χ3n) is 2.00. The van der Waals surface area contributed by atoms with Gasteiger partial charge in [0, 0.05) is 17.3 Å². The quantitative estimate of drug-likeness (QED) is 0.681. The molecule has 1 aromatic rings. The minimum atomic E-state index is 0.130. The topological polar surface area (TPSA) is 54.7 Å². The first kappa shape index (κ1) is 8.27. The molecule has 0 unspecified atom stereocenters. The maximum Gasteiger partial charge on any atom is 0.0490 e. The zero-order chi connectivity index (χ0) is 8.32. The van der Waals surface area contributed by atoms with Crippen molar-refractivity contribution < 1.29 is 0 Å². The molecular weight excluding hydrogens is 138 g/mol. The van der Waals surface area contributed by atoms with Crippen LogP contribution in [0.25, 0.3) is 0 Å². The number of H-pyrrole nitrogens is 1. The van der Waals surface area contributed by atoms with Crippen LogP contribution in [0.3, 0.4) is 0 Å². The lowest BCUT2D eigenvalue weighted by Crippen LogP contribution is -2.22. The fourth-order valence-electron chi connectivity index (χ4n) is 1.13. The van der Waals surface area contributed by atoms with Crippen LogP contribution in [-0.4, -0.2) is 16.7 Å².